The molecule has 3 heterocycles. The minimum atomic E-state index is -0.0579. The molecule has 0 radical (unpaired) electrons. The average Bonchev–Trinajstić information content (AvgIpc) is 3.32. The number of aromatic nitrogens is 4. The highest BCUT2D eigenvalue weighted by Gasteiger charge is 2.32. The van der Waals surface area contributed by atoms with Crippen LogP contribution in [0.25, 0.3) is 11.0 Å². The van der Waals surface area contributed by atoms with Gasteiger partial charge in [-0.25, -0.2) is 9.78 Å². The molecule has 27 heavy (non-hydrogen) atoms. The van der Waals surface area contributed by atoms with Gasteiger partial charge in [0.05, 0.1) is 29.3 Å². The number of aromatic amines is 1. The van der Waals surface area contributed by atoms with Crippen molar-refractivity contribution in [1.82, 2.24) is 30.0 Å². The van der Waals surface area contributed by atoms with E-state index in [-0.39, 0.29) is 12.1 Å². The van der Waals surface area contributed by atoms with Crippen LogP contribution in [-0.4, -0.2) is 43.8 Å². The van der Waals surface area contributed by atoms with Crippen LogP contribution < -0.4 is 5.32 Å². The number of halogens is 1. The topological polar surface area (TPSA) is 78.8 Å². The maximum absolute atomic E-state index is 12.7. The summed E-state index contributed by atoms with van der Waals surface area (Å²) in [6, 6.07) is 7.52. The van der Waals surface area contributed by atoms with Crippen LogP contribution in [0.1, 0.15) is 36.1 Å². The van der Waals surface area contributed by atoms with Gasteiger partial charge in [-0.15, -0.1) is 0 Å². The van der Waals surface area contributed by atoms with Gasteiger partial charge in [-0.05, 0) is 51.0 Å². The zero-order chi connectivity index (χ0) is 19.0. The van der Waals surface area contributed by atoms with Crippen LogP contribution in [0.3, 0.4) is 0 Å². The van der Waals surface area contributed by atoms with Gasteiger partial charge < -0.3 is 15.2 Å². The van der Waals surface area contributed by atoms with Crippen molar-refractivity contribution in [2.24, 2.45) is 0 Å². The summed E-state index contributed by atoms with van der Waals surface area (Å²) in [5.74, 6) is 0.818. The summed E-state index contributed by atoms with van der Waals surface area (Å²) in [6.45, 7) is 5.92. The predicted molar refractivity (Wildman–Crippen MR) is 105 cm³/mol. The first kappa shape index (κ1) is 17.9. The van der Waals surface area contributed by atoms with E-state index in [1.807, 2.05) is 47.7 Å². The van der Waals surface area contributed by atoms with E-state index in [1.54, 1.807) is 0 Å². The number of H-pyrrole nitrogens is 1. The Labute approximate surface area is 162 Å². The summed E-state index contributed by atoms with van der Waals surface area (Å²) in [6.07, 6.45) is 1.87. The fourth-order valence-electron chi connectivity index (χ4n) is 3.73. The molecule has 3 aromatic rings. The van der Waals surface area contributed by atoms with Gasteiger partial charge in [0.2, 0.25) is 0 Å². The molecule has 8 heteroatoms. The van der Waals surface area contributed by atoms with E-state index < -0.39 is 0 Å². The van der Waals surface area contributed by atoms with E-state index in [1.165, 1.54) is 0 Å². The maximum atomic E-state index is 12.7. The van der Waals surface area contributed by atoms with Crippen LogP contribution in [0.5, 0.6) is 0 Å². The van der Waals surface area contributed by atoms with Crippen LogP contribution >= 0.6 is 11.6 Å². The van der Waals surface area contributed by atoms with Crippen LogP contribution in [0.15, 0.2) is 24.3 Å². The number of amides is 2. The third-order valence-corrected chi connectivity index (χ3v) is 5.23. The van der Waals surface area contributed by atoms with Gasteiger partial charge in [0.15, 0.2) is 0 Å². The van der Waals surface area contributed by atoms with Crippen LogP contribution in [0.4, 0.5) is 4.79 Å². The van der Waals surface area contributed by atoms with Crippen LogP contribution in [0.2, 0.25) is 5.02 Å². The first-order chi connectivity index (χ1) is 13.0. The second-order valence-corrected chi connectivity index (χ2v) is 7.45. The fraction of sp³-hybridized carbons (Fsp3) is 0.421. The Bertz CT molecular complexity index is 978. The number of rotatable bonds is 4. The Morgan fingerprint density at radius 2 is 2.22 bits per heavy atom. The Balaban J connectivity index is 1.42. The zero-order valence-corrected chi connectivity index (χ0v) is 16.3. The quantitative estimate of drug-likeness (QED) is 0.719. The number of carbonyl (C=O) groups is 1. The highest BCUT2D eigenvalue weighted by atomic mass is 35.5. The standard InChI is InChI=1S/C19H23ClN6O/c1-12-10-13(2)26(24-12)9-7-21-19(27)25-8-3-4-17(25)18-22-15-6-5-14(20)11-16(15)23-18/h5-6,10-11,17H,3-4,7-9H2,1-2H3,(H,21,27)(H,22,23)/t17-/m1/s1. The molecule has 1 saturated heterocycles. The third-order valence-electron chi connectivity index (χ3n) is 4.99. The molecule has 7 nitrogen and oxygen atoms in total. The average molecular weight is 387 g/mol. The summed E-state index contributed by atoms with van der Waals surface area (Å²) < 4.78 is 1.92. The third kappa shape index (κ3) is 3.64. The lowest BCUT2D eigenvalue weighted by molar-refractivity contribution is 0.190. The highest BCUT2D eigenvalue weighted by molar-refractivity contribution is 6.31. The molecule has 1 fully saturated rings. The molecule has 0 spiro atoms. The van der Waals surface area contributed by atoms with Crippen molar-refractivity contribution in [2.75, 3.05) is 13.1 Å². The molecule has 1 aromatic carbocycles. The fourth-order valence-corrected chi connectivity index (χ4v) is 3.90. The zero-order valence-electron chi connectivity index (χ0n) is 15.5. The lowest BCUT2D eigenvalue weighted by atomic mass is 10.2. The van der Waals surface area contributed by atoms with E-state index in [9.17, 15) is 4.79 Å². The lowest BCUT2D eigenvalue weighted by Gasteiger charge is -2.23. The van der Waals surface area contributed by atoms with Crippen molar-refractivity contribution >= 4 is 28.7 Å². The van der Waals surface area contributed by atoms with Crippen molar-refractivity contribution in [1.29, 1.82) is 0 Å². The Hall–Kier alpha value is -2.54. The number of nitrogens with zero attached hydrogens (tertiary/aromatic N) is 4. The number of hydrogen-bond acceptors (Lipinski definition) is 3. The number of nitrogens with one attached hydrogen (secondary N) is 2. The van der Waals surface area contributed by atoms with Crippen LogP contribution in [0, 0.1) is 13.8 Å². The number of hydrogen-bond donors (Lipinski definition) is 2. The monoisotopic (exact) mass is 386 g/mol. The Kier molecular flexibility index (Phi) is 4.78. The Morgan fingerprint density at radius 3 is 3.00 bits per heavy atom. The van der Waals surface area contributed by atoms with Gasteiger partial charge in [0, 0.05) is 23.8 Å². The molecular weight excluding hydrogens is 364 g/mol. The number of fused-ring (bicyclic) bond motifs is 1. The summed E-state index contributed by atoms with van der Waals surface area (Å²) in [5, 5.41) is 8.11. The summed E-state index contributed by atoms with van der Waals surface area (Å²) in [4.78, 5) is 22.5. The number of aryl methyl sites for hydroxylation is 2. The molecule has 4 rings (SSSR count). The van der Waals surface area contributed by atoms with Gasteiger partial charge in [-0.2, -0.15) is 5.10 Å². The highest BCUT2D eigenvalue weighted by Crippen LogP contribution is 2.31. The molecule has 0 aliphatic carbocycles. The minimum absolute atomic E-state index is 0.0372. The number of urea groups is 1. The van der Waals surface area contributed by atoms with Gasteiger partial charge in [-0.1, -0.05) is 11.6 Å². The summed E-state index contributed by atoms with van der Waals surface area (Å²) in [7, 11) is 0. The molecule has 0 bridgehead atoms. The second-order valence-electron chi connectivity index (χ2n) is 7.02. The minimum Gasteiger partial charge on any atom is -0.340 e. The van der Waals surface area contributed by atoms with Gasteiger partial charge in [-0.3, -0.25) is 4.68 Å². The molecule has 2 N–H and O–H groups in total. The molecule has 1 atom stereocenters. The van der Waals surface area contributed by atoms with E-state index in [0.29, 0.717) is 18.1 Å². The molecule has 2 amide bonds. The van der Waals surface area contributed by atoms with Gasteiger partial charge >= 0.3 is 6.03 Å². The van der Waals surface area contributed by atoms with Gasteiger partial charge in [0.1, 0.15) is 5.82 Å². The SMILES string of the molecule is Cc1cc(C)n(CCNC(=O)N2CCC[C@@H]2c2nc3ccc(Cl)cc3[nH]2)n1. The number of carbonyl (C=O) groups excluding carboxylic acids is 1. The molecule has 0 unspecified atom stereocenters. The molecule has 142 valence electrons. The molecule has 1 aliphatic heterocycles. The summed E-state index contributed by atoms with van der Waals surface area (Å²) in [5.41, 5.74) is 3.85. The second kappa shape index (κ2) is 7.23. The molecular formula is C19H23ClN6O. The van der Waals surface area contributed by atoms with Crippen molar-refractivity contribution in [3.05, 3.63) is 46.5 Å². The van der Waals surface area contributed by atoms with E-state index >= 15 is 0 Å². The Morgan fingerprint density at radius 1 is 1.37 bits per heavy atom. The predicted octanol–water partition coefficient (Wildman–Crippen LogP) is 3.58. The largest absolute Gasteiger partial charge is 0.340 e. The smallest absolute Gasteiger partial charge is 0.318 e. The first-order valence-corrected chi connectivity index (χ1v) is 9.60. The first-order valence-electron chi connectivity index (χ1n) is 9.22. The van der Waals surface area contributed by atoms with E-state index in [4.69, 9.17) is 11.6 Å². The van der Waals surface area contributed by atoms with E-state index in [2.05, 4.69) is 20.4 Å². The van der Waals surface area contributed by atoms with Gasteiger partial charge in [0.25, 0.3) is 0 Å². The molecule has 0 saturated carbocycles. The normalized spacial score (nSPS) is 17.0. The van der Waals surface area contributed by atoms with Crippen molar-refractivity contribution in [2.45, 2.75) is 39.3 Å². The molecule has 1 aliphatic rings. The van der Waals surface area contributed by atoms with Crippen molar-refractivity contribution < 1.29 is 4.79 Å². The van der Waals surface area contributed by atoms with Crippen LogP contribution in [-0.2, 0) is 6.54 Å². The lowest BCUT2D eigenvalue weighted by Crippen LogP contribution is -2.41. The molecule has 2 aromatic heterocycles. The maximum Gasteiger partial charge on any atom is 0.318 e. The van der Waals surface area contributed by atoms with Crippen molar-refractivity contribution in [3.8, 4) is 0 Å². The number of likely N-dealkylation sites (tertiary alicyclic amines) is 1. The number of imidazole rings is 1. The van der Waals surface area contributed by atoms with E-state index in [0.717, 1.165) is 47.6 Å². The van der Waals surface area contributed by atoms with Crippen molar-refractivity contribution in [3.63, 3.8) is 0 Å². The summed E-state index contributed by atoms with van der Waals surface area (Å²) >= 11 is 6.06. The number of benzene rings is 1.